The van der Waals surface area contributed by atoms with Crippen LogP contribution in [0.1, 0.15) is 12.5 Å². The van der Waals surface area contributed by atoms with E-state index in [2.05, 4.69) is 4.98 Å². The molecule has 1 aromatic heterocycles. The van der Waals surface area contributed by atoms with E-state index < -0.39 is 30.1 Å². The Bertz CT molecular complexity index is 715. The first kappa shape index (κ1) is 12.7. The number of fused-ring (bicyclic) bond motifs is 1. The molecule has 0 aliphatic heterocycles. The van der Waals surface area contributed by atoms with Crippen LogP contribution in [-0.2, 0) is 9.59 Å². The van der Waals surface area contributed by atoms with E-state index in [1.165, 1.54) is 18.2 Å². The van der Waals surface area contributed by atoms with Crippen LogP contribution in [0.15, 0.2) is 23.0 Å². The Morgan fingerprint density at radius 1 is 1.37 bits per heavy atom. The molecule has 8 heteroatoms. The third kappa shape index (κ3) is 2.28. The van der Waals surface area contributed by atoms with Crippen LogP contribution in [0.3, 0.4) is 0 Å². The summed E-state index contributed by atoms with van der Waals surface area (Å²) in [6.07, 6.45) is -0.688. The highest BCUT2D eigenvalue weighted by Gasteiger charge is 2.26. The number of hydrogen-bond donors (Lipinski definition) is 4. The number of aliphatic carboxylic acids is 2. The second-order valence-electron chi connectivity index (χ2n) is 4.03. The van der Waals surface area contributed by atoms with E-state index in [1.807, 2.05) is 0 Å². The highest BCUT2D eigenvalue weighted by molar-refractivity contribution is 5.84. The predicted molar refractivity (Wildman–Crippen MR) is 65.9 cm³/mol. The maximum Gasteiger partial charge on any atom is 0.327 e. The molecule has 0 fully saturated rings. The van der Waals surface area contributed by atoms with Crippen LogP contribution in [0.2, 0.25) is 0 Å². The van der Waals surface area contributed by atoms with Crippen LogP contribution < -0.4 is 11.4 Å². The molecular formula is C11H11N3O5. The van der Waals surface area contributed by atoms with Gasteiger partial charge in [0.25, 0.3) is 0 Å². The van der Waals surface area contributed by atoms with Gasteiger partial charge in [0.05, 0.1) is 17.5 Å². The number of H-pyrrole nitrogens is 1. The second kappa shape index (κ2) is 4.48. The lowest BCUT2D eigenvalue weighted by molar-refractivity contribution is -0.147. The van der Waals surface area contributed by atoms with Gasteiger partial charge in [-0.25, -0.2) is 9.59 Å². The van der Waals surface area contributed by atoms with E-state index in [0.29, 0.717) is 16.7 Å². The number of hydrogen-bond acceptors (Lipinski definition) is 4. The SMILES string of the molecule is Nc1ccc2c(c1)[nH]c(=O)n2C(CC(=O)O)C(=O)O. The average molecular weight is 265 g/mol. The molecule has 1 aromatic carbocycles. The lowest BCUT2D eigenvalue weighted by Gasteiger charge is -2.11. The Balaban J connectivity index is 2.65. The van der Waals surface area contributed by atoms with Crippen LogP contribution in [0, 0.1) is 0 Å². The highest BCUT2D eigenvalue weighted by atomic mass is 16.4. The molecule has 0 bridgehead atoms. The van der Waals surface area contributed by atoms with Crippen molar-refractivity contribution >= 4 is 28.7 Å². The molecule has 0 amide bonds. The van der Waals surface area contributed by atoms with E-state index in [1.54, 1.807) is 0 Å². The molecule has 100 valence electrons. The fraction of sp³-hybridized carbons (Fsp3) is 0.182. The van der Waals surface area contributed by atoms with Gasteiger partial charge in [0.2, 0.25) is 0 Å². The van der Waals surface area contributed by atoms with E-state index in [9.17, 15) is 14.4 Å². The molecule has 2 aromatic rings. The van der Waals surface area contributed by atoms with Gasteiger partial charge in [0.1, 0.15) is 6.04 Å². The minimum Gasteiger partial charge on any atom is -0.481 e. The molecule has 0 saturated heterocycles. The number of aromatic nitrogens is 2. The minimum atomic E-state index is -1.47. The fourth-order valence-electron chi connectivity index (χ4n) is 1.91. The average Bonchev–Trinajstić information content (AvgIpc) is 2.60. The van der Waals surface area contributed by atoms with Crippen molar-refractivity contribution in [1.82, 2.24) is 9.55 Å². The van der Waals surface area contributed by atoms with E-state index in [0.717, 1.165) is 4.57 Å². The number of rotatable bonds is 4. The lowest BCUT2D eigenvalue weighted by atomic mass is 10.2. The summed E-state index contributed by atoms with van der Waals surface area (Å²) in [6.45, 7) is 0. The topological polar surface area (TPSA) is 138 Å². The van der Waals surface area contributed by atoms with Gasteiger partial charge in [-0.3, -0.25) is 9.36 Å². The van der Waals surface area contributed by atoms with Gasteiger partial charge in [-0.2, -0.15) is 0 Å². The summed E-state index contributed by atoms with van der Waals surface area (Å²) in [4.78, 5) is 36.1. The van der Waals surface area contributed by atoms with Crippen LogP contribution in [0.5, 0.6) is 0 Å². The van der Waals surface area contributed by atoms with Gasteiger partial charge in [-0.1, -0.05) is 0 Å². The first-order valence-electron chi connectivity index (χ1n) is 5.34. The predicted octanol–water partition coefficient (Wildman–Crippen LogP) is 0.0122. The zero-order valence-electron chi connectivity index (χ0n) is 9.66. The number of anilines is 1. The Morgan fingerprint density at radius 3 is 2.63 bits per heavy atom. The van der Waals surface area contributed by atoms with Gasteiger partial charge in [-0.05, 0) is 18.2 Å². The van der Waals surface area contributed by atoms with E-state index >= 15 is 0 Å². The van der Waals surface area contributed by atoms with Crippen molar-refractivity contribution in [2.45, 2.75) is 12.5 Å². The summed E-state index contributed by atoms with van der Waals surface area (Å²) in [7, 11) is 0. The third-order valence-corrected chi connectivity index (χ3v) is 2.71. The molecule has 1 unspecified atom stereocenters. The number of carboxylic acid groups (broad SMARTS) is 2. The van der Waals surface area contributed by atoms with Gasteiger partial charge in [0, 0.05) is 5.69 Å². The number of carboxylic acids is 2. The Hall–Kier alpha value is -2.77. The number of benzene rings is 1. The maximum absolute atomic E-state index is 11.8. The number of nitrogen functional groups attached to an aromatic ring is 1. The summed E-state index contributed by atoms with van der Waals surface area (Å²) in [5.41, 5.74) is 5.94. The Morgan fingerprint density at radius 2 is 2.05 bits per heavy atom. The van der Waals surface area contributed by atoms with E-state index in [-0.39, 0.29) is 0 Å². The monoisotopic (exact) mass is 265 g/mol. The molecule has 0 spiro atoms. The first-order chi connectivity index (χ1) is 8.90. The summed E-state index contributed by atoms with van der Waals surface area (Å²) in [5.74, 6) is -2.69. The standard InChI is InChI=1S/C11H11N3O5/c12-5-1-2-7-6(3-5)13-11(19)14(7)8(10(17)18)4-9(15)16/h1-3,8H,4,12H2,(H,13,19)(H,15,16)(H,17,18). The molecule has 0 aliphatic rings. The van der Waals surface area contributed by atoms with Crippen molar-refractivity contribution in [2.24, 2.45) is 0 Å². The Labute approximate surface area is 106 Å². The zero-order valence-corrected chi connectivity index (χ0v) is 9.66. The van der Waals surface area contributed by atoms with Crippen LogP contribution in [0.25, 0.3) is 11.0 Å². The quantitative estimate of drug-likeness (QED) is 0.574. The summed E-state index contributed by atoms with van der Waals surface area (Å²) < 4.78 is 0.908. The molecule has 0 saturated carbocycles. The molecule has 5 N–H and O–H groups in total. The van der Waals surface area contributed by atoms with Gasteiger partial charge in [0.15, 0.2) is 0 Å². The van der Waals surface area contributed by atoms with Crippen LogP contribution >= 0.6 is 0 Å². The van der Waals surface area contributed by atoms with Crippen LogP contribution in [0.4, 0.5) is 5.69 Å². The first-order valence-corrected chi connectivity index (χ1v) is 5.34. The summed E-state index contributed by atoms with van der Waals surface area (Å²) >= 11 is 0. The molecule has 8 nitrogen and oxygen atoms in total. The number of carbonyl (C=O) groups is 2. The van der Waals surface area contributed by atoms with Gasteiger partial charge in [-0.15, -0.1) is 0 Å². The van der Waals surface area contributed by atoms with Crippen molar-refractivity contribution < 1.29 is 19.8 Å². The van der Waals surface area contributed by atoms with Crippen LogP contribution in [-0.4, -0.2) is 31.7 Å². The molecular weight excluding hydrogens is 254 g/mol. The Kier molecular flexibility index (Phi) is 2.99. The maximum atomic E-state index is 11.8. The number of nitrogens with two attached hydrogens (primary N) is 1. The van der Waals surface area contributed by atoms with Crippen molar-refractivity contribution in [1.29, 1.82) is 0 Å². The van der Waals surface area contributed by atoms with Crippen molar-refractivity contribution in [2.75, 3.05) is 5.73 Å². The lowest BCUT2D eigenvalue weighted by Crippen LogP contribution is -2.29. The molecule has 2 rings (SSSR count). The minimum absolute atomic E-state index is 0.299. The van der Waals surface area contributed by atoms with Gasteiger partial charge >= 0.3 is 17.6 Å². The number of nitrogens with one attached hydrogen (secondary N) is 1. The number of imidazole rings is 1. The highest BCUT2D eigenvalue weighted by Crippen LogP contribution is 2.19. The molecule has 0 aliphatic carbocycles. The molecule has 1 heterocycles. The van der Waals surface area contributed by atoms with Crippen molar-refractivity contribution in [3.8, 4) is 0 Å². The smallest absolute Gasteiger partial charge is 0.327 e. The summed E-state index contributed by atoms with van der Waals surface area (Å²) in [6, 6.07) is 2.99. The van der Waals surface area contributed by atoms with E-state index in [4.69, 9.17) is 15.9 Å². The molecule has 19 heavy (non-hydrogen) atoms. The van der Waals surface area contributed by atoms with Gasteiger partial charge < -0.3 is 20.9 Å². The van der Waals surface area contributed by atoms with Crippen molar-refractivity contribution in [3.63, 3.8) is 0 Å². The normalized spacial score (nSPS) is 12.4. The molecule has 1 atom stereocenters. The third-order valence-electron chi connectivity index (χ3n) is 2.71. The fourth-order valence-corrected chi connectivity index (χ4v) is 1.91. The molecule has 0 radical (unpaired) electrons. The van der Waals surface area contributed by atoms with Crippen molar-refractivity contribution in [3.05, 3.63) is 28.7 Å². The second-order valence-corrected chi connectivity index (χ2v) is 4.03. The summed E-state index contributed by atoms with van der Waals surface area (Å²) in [5, 5.41) is 17.8. The number of aromatic amines is 1. The zero-order chi connectivity index (χ0) is 14.2. The number of nitrogens with zero attached hydrogens (tertiary/aromatic N) is 1. The largest absolute Gasteiger partial charge is 0.481 e.